The van der Waals surface area contributed by atoms with Crippen LogP contribution in [0.15, 0.2) is 60.7 Å². The van der Waals surface area contributed by atoms with E-state index in [0.29, 0.717) is 37.7 Å². The molecule has 1 aliphatic heterocycles. The van der Waals surface area contributed by atoms with Crippen LogP contribution in [0.2, 0.25) is 5.04 Å². The summed E-state index contributed by atoms with van der Waals surface area (Å²) >= 11 is 1.36. The number of Topliss-reactive ketones (excluding diaryl/α,β-unsaturated/α-hetero) is 1. The van der Waals surface area contributed by atoms with Crippen LogP contribution in [0.4, 0.5) is 0 Å². The molecule has 10 heteroatoms. The van der Waals surface area contributed by atoms with Crippen molar-refractivity contribution >= 4 is 45.6 Å². The molecule has 0 N–H and O–H groups in total. The molecule has 4 rings (SSSR count). The molecule has 0 atom stereocenters. The van der Waals surface area contributed by atoms with E-state index in [-0.39, 0.29) is 28.9 Å². The molecule has 0 aliphatic carbocycles. The minimum Gasteiger partial charge on any atom is -0.406 e. The first-order valence-corrected chi connectivity index (χ1v) is 19.4. The molecule has 234 valence electrons. The summed E-state index contributed by atoms with van der Waals surface area (Å²) in [7, 11) is -6.40. The minimum atomic E-state index is -3.66. The van der Waals surface area contributed by atoms with Crippen LogP contribution in [-0.4, -0.2) is 63.0 Å². The fourth-order valence-electron chi connectivity index (χ4n) is 5.67. The number of rotatable bonds is 12. The highest BCUT2D eigenvalue weighted by Crippen LogP contribution is 2.39. The number of hydrogen-bond acceptors (Lipinski definition) is 8. The van der Waals surface area contributed by atoms with Crippen LogP contribution in [-0.2, 0) is 35.6 Å². The molecule has 0 spiro atoms. The first-order valence-electron chi connectivity index (χ1n) is 15.0. The van der Waals surface area contributed by atoms with Crippen LogP contribution in [0.25, 0.3) is 0 Å². The van der Waals surface area contributed by atoms with E-state index in [2.05, 4.69) is 93.3 Å². The minimum absolute atomic E-state index is 0.00306. The third-order valence-electron chi connectivity index (χ3n) is 8.67. The van der Waals surface area contributed by atoms with E-state index in [4.69, 9.17) is 9.16 Å². The van der Waals surface area contributed by atoms with E-state index in [1.54, 1.807) is 0 Å². The average molecular weight is 643 g/mol. The molecule has 2 heterocycles. The van der Waals surface area contributed by atoms with Crippen molar-refractivity contribution in [3.05, 3.63) is 70.7 Å². The fourth-order valence-corrected chi connectivity index (χ4v) is 13.1. The smallest absolute Gasteiger partial charge is 0.261 e. The Kier molecular flexibility index (Phi) is 10.2. The van der Waals surface area contributed by atoms with Crippen molar-refractivity contribution < 1.29 is 22.4 Å². The third kappa shape index (κ3) is 7.19. The Morgan fingerprint density at radius 2 is 1.44 bits per heavy atom. The van der Waals surface area contributed by atoms with Gasteiger partial charge in [0.05, 0.1) is 12.2 Å². The maximum absolute atomic E-state index is 13.4. The quantitative estimate of drug-likeness (QED) is 0.253. The number of nitrogens with zero attached hydrogens (tertiary/aromatic N) is 2. The van der Waals surface area contributed by atoms with Crippen molar-refractivity contribution in [2.45, 2.75) is 82.9 Å². The Hall–Kier alpha value is -2.24. The molecule has 2 aromatic carbocycles. The van der Waals surface area contributed by atoms with Gasteiger partial charge in [0.15, 0.2) is 15.6 Å². The Morgan fingerprint density at radius 1 is 0.907 bits per heavy atom. The van der Waals surface area contributed by atoms with E-state index < -0.39 is 28.3 Å². The third-order valence-corrected chi connectivity index (χ3v) is 17.6. The maximum atomic E-state index is 13.4. The molecule has 0 bridgehead atoms. The zero-order valence-electron chi connectivity index (χ0n) is 26.6. The number of benzene rings is 2. The zero-order valence-corrected chi connectivity index (χ0v) is 29.2. The summed E-state index contributed by atoms with van der Waals surface area (Å²) < 4.78 is 37.6. The summed E-state index contributed by atoms with van der Waals surface area (Å²) in [5.74, 6) is -0.331. The lowest BCUT2D eigenvalue weighted by Crippen LogP contribution is -2.67. The molecule has 1 aromatic heterocycles. The second-order valence-corrected chi connectivity index (χ2v) is 21.7. The van der Waals surface area contributed by atoms with Crippen LogP contribution in [0.5, 0.6) is 0 Å². The Balaban J connectivity index is 1.54. The highest BCUT2D eigenvalue weighted by molar-refractivity contribution is 7.93. The molecule has 1 aliphatic rings. The maximum Gasteiger partial charge on any atom is 0.261 e. The van der Waals surface area contributed by atoms with Crippen molar-refractivity contribution in [3.8, 4) is 0 Å². The molecule has 7 nitrogen and oxygen atoms in total. The predicted molar refractivity (Wildman–Crippen MR) is 177 cm³/mol. The lowest BCUT2D eigenvalue weighted by atomic mass is 9.96. The van der Waals surface area contributed by atoms with Gasteiger partial charge in [-0.3, -0.25) is 4.79 Å². The van der Waals surface area contributed by atoms with Gasteiger partial charge in [-0.1, -0.05) is 95.3 Å². The second-order valence-electron chi connectivity index (χ2n) is 13.8. The number of ketones is 1. The van der Waals surface area contributed by atoms with Gasteiger partial charge in [0, 0.05) is 25.2 Å². The molecule has 1 saturated heterocycles. The number of sulfone groups is 1. The van der Waals surface area contributed by atoms with Gasteiger partial charge < -0.3 is 9.16 Å². The SMILES string of the molecule is CC(C)(CO[Si](c1ccccc1)(c1ccccc1)C(C)(C)C)c1nnc(CC(=O)C(C)(C)S(=O)(=O)CC2CCOCC2)s1. The molecule has 1 fully saturated rings. The summed E-state index contributed by atoms with van der Waals surface area (Å²) in [4.78, 5) is 13.4. The summed E-state index contributed by atoms with van der Waals surface area (Å²) in [5, 5.41) is 12.3. The van der Waals surface area contributed by atoms with Crippen molar-refractivity contribution in [2.24, 2.45) is 5.92 Å². The molecule has 3 aromatic rings. The lowest BCUT2D eigenvalue weighted by Gasteiger charge is -2.44. The van der Waals surface area contributed by atoms with Crippen LogP contribution in [0, 0.1) is 5.92 Å². The van der Waals surface area contributed by atoms with Crippen LogP contribution in [0.1, 0.15) is 71.3 Å². The molecule has 0 amide bonds. The predicted octanol–water partition coefficient (Wildman–Crippen LogP) is 5.12. The fraction of sp³-hybridized carbons (Fsp3) is 0.545. The van der Waals surface area contributed by atoms with Gasteiger partial charge in [-0.05, 0) is 48.0 Å². The highest BCUT2D eigenvalue weighted by atomic mass is 32.2. The van der Waals surface area contributed by atoms with Crippen LogP contribution < -0.4 is 10.4 Å². The highest BCUT2D eigenvalue weighted by Gasteiger charge is 2.51. The van der Waals surface area contributed by atoms with E-state index in [9.17, 15) is 13.2 Å². The van der Waals surface area contributed by atoms with E-state index in [1.165, 1.54) is 35.6 Å². The molecule has 0 saturated carbocycles. The van der Waals surface area contributed by atoms with Gasteiger partial charge in [0.1, 0.15) is 14.8 Å². The Bertz CT molecular complexity index is 1440. The van der Waals surface area contributed by atoms with Gasteiger partial charge in [-0.25, -0.2) is 8.42 Å². The van der Waals surface area contributed by atoms with Crippen molar-refractivity contribution in [1.29, 1.82) is 0 Å². The van der Waals surface area contributed by atoms with Crippen molar-refractivity contribution in [1.82, 2.24) is 10.2 Å². The topological polar surface area (TPSA) is 95.5 Å². The molecule has 43 heavy (non-hydrogen) atoms. The lowest BCUT2D eigenvalue weighted by molar-refractivity contribution is -0.120. The zero-order chi connectivity index (χ0) is 31.5. The number of ether oxygens (including phenoxy) is 1. The summed E-state index contributed by atoms with van der Waals surface area (Å²) in [5.41, 5.74) is -0.489. The number of aromatic nitrogens is 2. The second kappa shape index (κ2) is 13.0. The van der Waals surface area contributed by atoms with Gasteiger partial charge in [0.2, 0.25) is 0 Å². The first-order chi connectivity index (χ1) is 20.1. The van der Waals surface area contributed by atoms with Crippen molar-refractivity contribution in [3.63, 3.8) is 0 Å². The summed E-state index contributed by atoms with van der Waals surface area (Å²) in [6.07, 6.45) is 1.34. The summed E-state index contributed by atoms with van der Waals surface area (Å²) in [6, 6.07) is 21.0. The first kappa shape index (κ1) is 33.6. The van der Waals surface area contributed by atoms with Gasteiger partial charge in [-0.15, -0.1) is 21.5 Å². The van der Waals surface area contributed by atoms with Crippen LogP contribution in [0.3, 0.4) is 0 Å². The summed E-state index contributed by atoms with van der Waals surface area (Å²) in [6.45, 7) is 15.5. The number of carbonyl (C=O) groups is 1. The number of hydrogen-bond donors (Lipinski definition) is 0. The van der Waals surface area contributed by atoms with Gasteiger partial charge in [0.25, 0.3) is 8.32 Å². The molecule has 0 radical (unpaired) electrons. The molecular weight excluding hydrogens is 597 g/mol. The van der Waals surface area contributed by atoms with E-state index in [0.717, 1.165) is 5.01 Å². The Morgan fingerprint density at radius 3 is 1.95 bits per heavy atom. The number of carbonyl (C=O) groups excluding carboxylic acids is 1. The Labute approximate surface area is 262 Å². The monoisotopic (exact) mass is 642 g/mol. The van der Waals surface area contributed by atoms with Crippen molar-refractivity contribution in [2.75, 3.05) is 25.6 Å². The normalized spacial score (nSPS) is 15.9. The standard InChI is InChI=1S/C33H46N2O5S2Si/c1-31(2,3)43(26-14-10-8-11-15-26,27-16-12-9-13-17-27)40-24-32(4,5)30-35-34-29(41-30)22-28(36)33(6,7)42(37,38)23-25-18-20-39-21-19-25/h8-17,25H,18-24H2,1-7H3. The van der Waals surface area contributed by atoms with Gasteiger partial charge >= 0.3 is 0 Å². The molecular formula is C33H46N2O5S2Si. The van der Waals surface area contributed by atoms with E-state index in [1.807, 2.05) is 12.1 Å². The molecule has 0 unspecified atom stereocenters. The van der Waals surface area contributed by atoms with E-state index >= 15 is 0 Å². The van der Waals surface area contributed by atoms with Crippen LogP contribution >= 0.6 is 11.3 Å². The largest absolute Gasteiger partial charge is 0.406 e. The average Bonchev–Trinajstić information content (AvgIpc) is 3.43. The van der Waals surface area contributed by atoms with Gasteiger partial charge in [-0.2, -0.15) is 0 Å².